The Balaban J connectivity index is 4.02. The summed E-state index contributed by atoms with van der Waals surface area (Å²) in [5.41, 5.74) is 0. The summed E-state index contributed by atoms with van der Waals surface area (Å²) in [7, 11) is 0. The van der Waals surface area contributed by atoms with Crippen molar-refractivity contribution in [3.63, 3.8) is 0 Å². The molecule has 0 aromatic rings. The van der Waals surface area contributed by atoms with Crippen molar-refractivity contribution in [1.29, 1.82) is 0 Å². The fraction of sp³-hybridized carbons (Fsp3) is 0.767. The zero-order chi connectivity index (χ0) is 57.1. The lowest BCUT2D eigenvalue weighted by atomic mass is 10.0. The van der Waals surface area contributed by atoms with Crippen molar-refractivity contribution < 1.29 is 28.6 Å². The lowest BCUT2D eigenvalue weighted by Crippen LogP contribution is -2.30. The molecule has 0 aromatic heterocycles. The topological polar surface area (TPSA) is 78.9 Å². The molecule has 1 unspecified atom stereocenters. The second-order valence-electron chi connectivity index (χ2n) is 22.7. The van der Waals surface area contributed by atoms with E-state index in [1.165, 1.54) is 186 Å². The van der Waals surface area contributed by atoms with Gasteiger partial charge in [0.15, 0.2) is 6.10 Å². The van der Waals surface area contributed by atoms with Crippen molar-refractivity contribution in [2.24, 2.45) is 0 Å². The van der Waals surface area contributed by atoms with Gasteiger partial charge in [0, 0.05) is 19.3 Å². The molecule has 0 N–H and O–H groups in total. The van der Waals surface area contributed by atoms with Crippen LogP contribution in [0.25, 0.3) is 0 Å². The molecule has 0 radical (unpaired) electrons. The summed E-state index contributed by atoms with van der Waals surface area (Å²) in [5, 5.41) is 0. The van der Waals surface area contributed by atoms with E-state index in [2.05, 4.69) is 106 Å². The van der Waals surface area contributed by atoms with Crippen LogP contribution in [0, 0.1) is 0 Å². The highest BCUT2D eigenvalue weighted by atomic mass is 16.6. The predicted octanol–water partition coefficient (Wildman–Crippen LogP) is 23.4. The van der Waals surface area contributed by atoms with Crippen LogP contribution in [0.2, 0.25) is 0 Å². The van der Waals surface area contributed by atoms with Gasteiger partial charge in [-0.2, -0.15) is 0 Å². The first-order valence-corrected chi connectivity index (χ1v) is 34.1. The van der Waals surface area contributed by atoms with Gasteiger partial charge in [-0.25, -0.2) is 0 Å². The van der Waals surface area contributed by atoms with E-state index in [9.17, 15) is 14.4 Å². The molecule has 6 heteroatoms. The number of ether oxygens (including phenoxy) is 3. The second-order valence-corrected chi connectivity index (χ2v) is 22.7. The predicted molar refractivity (Wildman–Crippen MR) is 344 cm³/mol. The average Bonchev–Trinajstić information content (AvgIpc) is 3.45. The molecule has 0 spiro atoms. The van der Waals surface area contributed by atoms with E-state index < -0.39 is 6.10 Å². The number of unbranched alkanes of at least 4 members (excludes halogenated alkanes) is 37. The highest BCUT2D eigenvalue weighted by molar-refractivity contribution is 5.71. The number of hydrogen-bond acceptors (Lipinski definition) is 6. The third-order valence-corrected chi connectivity index (χ3v) is 14.9. The van der Waals surface area contributed by atoms with Crippen LogP contribution < -0.4 is 0 Å². The largest absolute Gasteiger partial charge is 0.462 e. The molecule has 0 aliphatic carbocycles. The Kier molecular flexibility index (Phi) is 64.2. The molecule has 0 heterocycles. The van der Waals surface area contributed by atoms with Gasteiger partial charge in [-0.1, -0.05) is 331 Å². The Bertz CT molecular complexity index is 1500. The Morgan fingerprint density at radius 3 is 0.772 bits per heavy atom. The summed E-state index contributed by atoms with van der Waals surface area (Å²) in [6.45, 7) is 6.45. The fourth-order valence-corrected chi connectivity index (χ4v) is 9.84. The van der Waals surface area contributed by atoms with E-state index in [0.29, 0.717) is 12.8 Å². The fourth-order valence-electron chi connectivity index (χ4n) is 9.84. The number of rotatable bonds is 62. The highest BCUT2D eigenvalue weighted by Gasteiger charge is 2.19. The van der Waals surface area contributed by atoms with Gasteiger partial charge in [0.2, 0.25) is 0 Å². The Morgan fingerprint density at radius 1 is 0.266 bits per heavy atom. The highest BCUT2D eigenvalue weighted by Crippen LogP contribution is 2.18. The summed E-state index contributed by atoms with van der Waals surface area (Å²) in [5.74, 6) is -0.923. The maximum Gasteiger partial charge on any atom is 0.306 e. The molecule has 79 heavy (non-hydrogen) atoms. The lowest BCUT2D eigenvalue weighted by molar-refractivity contribution is -0.167. The van der Waals surface area contributed by atoms with E-state index in [0.717, 1.165) is 116 Å². The van der Waals surface area contributed by atoms with Gasteiger partial charge in [0.25, 0.3) is 0 Å². The average molecular weight is 1100 g/mol. The van der Waals surface area contributed by atoms with Gasteiger partial charge >= 0.3 is 17.9 Å². The third kappa shape index (κ3) is 65.3. The molecule has 456 valence electrons. The van der Waals surface area contributed by atoms with Crippen LogP contribution in [0.15, 0.2) is 85.1 Å². The van der Waals surface area contributed by atoms with Gasteiger partial charge in [-0.3, -0.25) is 14.4 Å². The van der Waals surface area contributed by atoms with E-state index >= 15 is 0 Å². The van der Waals surface area contributed by atoms with Crippen molar-refractivity contribution in [3.05, 3.63) is 85.1 Å². The number of carbonyl (C=O) groups is 3. The zero-order valence-electron chi connectivity index (χ0n) is 52.4. The van der Waals surface area contributed by atoms with E-state index in [1.807, 2.05) is 0 Å². The minimum atomic E-state index is -0.791. The van der Waals surface area contributed by atoms with Gasteiger partial charge in [-0.05, 0) is 77.0 Å². The molecule has 0 saturated carbocycles. The van der Waals surface area contributed by atoms with Crippen LogP contribution in [0.3, 0.4) is 0 Å². The van der Waals surface area contributed by atoms with Crippen LogP contribution in [0.1, 0.15) is 342 Å². The second kappa shape index (κ2) is 67.1. The minimum Gasteiger partial charge on any atom is -0.462 e. The van der Waals surface area contributed by atoms with Crippen LogP contribution in [0.4, 0.5) is 0 Å². The molecule has 0 aromatic carbocycles. The summed E-state index contributed by atoms with van der Waals surface area (Å²) < 4.78 is 16.8. The SMILES string of the molecule is CC/C=C\C/C=C\C/C=C\C/C=C\C/C=C\C/C=C\C/C=C\CCCCCC(=O)OC(COC(=O)CCCCCCC)COC(=O)CCCCCCCCCCCCCCCCCCCCCCCCCCCCCCCCC. The summed E-state index contributed by atoms with van der Waals surface area (Å²) in [6.07, 6.45) is 89.6. The van der Waals surface area contributed by atoms with Gasteiger partial charge in [0.1, 0.15) is 13.2 Å². The standard InChI is InChI=1S/C73H128O6/c1-4-7-10-13-15-17-19-21-23-25-27-29-31-33-34-35-36-37-38-40-41-43-45-47-49-51-53-55-57-60-63-66-72(75)78-69-70(68-77-71(74)65-62-59-12-9-6-3)79-73(76)67-64-61-58-56-54-52-50-48-46-44-42-39-32-30-28-26-24-22-20-18-16-14-11-8-5-2/h8,11,16,18,22,24,28,30,39,42,46,48,52,54,70H,4-7,9-10,12-15,17,19-21,23,25-27,29,31-38,40-41,43-45,47,49-51,53,55-69H2,1-3H3/b11-8-,18-16-,24-22-,30-28-,42-39-,48-46-,54-52-. The number of carbonyl (C=O) groups excluding carboxylic acids is 3. The molecule has 0 bridgehead atoms. The summed E-state index contributed by atoms with van der Waals surface area (Å²) in [6, 6.07) is 0. The van der Waals surface area contributed by atoms with Gasteiger partial charge in [-0.15, -0.1) is 0 Å². The number of hydrogen-bond donors (Lipinski definition) is 0. The molecule has 0 saturated heterocycles. The van der Waals surface area contributed by atoms with Crippen LogP contribution in [-0.2, 0) is 28.6 Å². The summed E-state index contributed by atoms with van der Waals surface area (Å²) in [4.78, 5) is 38.0. The lowest BCUT2D eigenvalue weighted by Gasteiger charge is -2.18. The molecule has 1 atom stereocenters. The Morgan fingerprint density at radius 2 is 0.494 bits per heavy atom. The maximum absolute atomic E-state index is 12.8. The van der Waals surface area contributed by atoms with Crippen molar-refractivity contribution in [2.45, 2.75) is 348 Å². The van der Waals surface area contributed by atoms with E-state index in [-0.39, 0.29) is 37.5 Å². The van der Waals surface area contributed by atoms with Crippen molar-refractivity contribution >= 4 is 17.9 Å². The van der Waals surface area contributed by atoms with Crippen LogP contribution in [-0.4, -0.2) is 37.2 Å². The number of allylic oxidation sites excluding steroid dienone is 14. The Labute approximate surface area is 490 Å². The third-order valence-electron chi connectivity index (χ3n) is 14.9. The van der Waals surface area contributed by atoms with E-state index in [1.54, 1.807) is 0 Å². The van der Waals surface area contributed by atoms with Crippen LogP contribution in [0.5, 0.6) is 0 Å². The van der Waals surface area contributed by atoms with Crippen molar-refractivity contribution in [2.75, 3.05) is 13.2 Å². The monoisotopic (exact) mass is 1100 g/mol. The molecule has 0 rings (SSSR count). The van der Waals surface area contributed by atoms with Gasteiger partial charge < -0.3 is 14.2 Å². The number of esters is 3. The quantitative estimate of drug-likeness (QED) is 0.0261. The van der Waals surface area contributed by atoms with Crippen molar-refractivity contribution in [1.82, 2.24) is 0 Å². The molecular weight excluding hydrogens is 973 g/mol. The molecule has 0 amide bonds. The first-order chi connectivity index (χ1) is 39.0. The molecule has 6 nitrogen and oxygen atoms in total. The summed E-state index contributed by atoms with van der Waals surface area (Å²) >= 11 is 0. The minimum absolute atomic E-state index is 0.0878. The molecule has 0 aliphatic rings. The first-order valence-electron chi connectivity index (χ1n) is 34.1. The smallest absolute Gasteiger partial charge is 0.306 e. The molecule has 0 aliphatic heterocycles. The van der Waals surface area contributed by atoms with Crippen LogP contribution >= 0.6 is 0 Å². The zero-order valence-corrected chi connectivity index (χ0v) is 52.4. The van der Waals surface area contributed by atoms with E-state index in [4.69, 9.17) is 14.2 Å². The van der Waals surface area contributed by atoms with Crippen molar-refractivity contribution in [3.8, 4) is 0 Å². The first kappa shape index (κ1) is 75.6. The molecule has 0 fully saturated rings. The Hall–Kier alpha value is -3.41. The van der Waals surface area contributed by atoms with Gasteiger partial charge in [0.05, 0.1) is 0 Å². The molecular formula is C73H128O6. The normalized spacial score (nSPS) is 12.6. The maximum atomic E-state index is 12.8.